The standard InChI is InChI=1S/C101H80N8O4/c1-3-24-74(112-100(110)72-44-40-70(41-45-72)98-88-60-56-84(106-88)94(66-30-15-7-16-31-66)80-52-48-76(102-80)92(64-26-11-5-12-27-64)77-49-53-81(103-77)95(67-32-17-8-18-33-67)85-57-61-89(98)107-85)38-23-39-75(25-4-2)113-101(111)73-46-42-71(43-47-73)99-90-62-58-86(108-90)96(68-34-19-9-20-35-68)82-54-50-78(104-82)93(65-28-13-6-14-29-65)79-51-55-83(105-79)97(69-36-21-10-22-37-69)87-59-63-91(99)109-87/h5-22,26-37,40-63,74-75,102,104,107,109H,3-4,23-25,38-39H2,1-2H3/t74-,75-/m0/s1. The largest absolute Gasteiger partial charge is 0.459 e. The highest BCUT2D eigenvalue weighted by molar-refractivity contribution is 6.04. The number of esters is 2. The number of aromatic nitrogens is 8. The van der Waals surface area contributed by atoms with Crippen LogP contribution in [0.5, 0.6) is 0 Å². The first-order valence-electron chi connectivity index (χ1n) is 39.0. The highest BCUT2D eigenvalue weighted by Gasteiger charge is 2.25. The molecule has 2 atom stereocenters. The van der Waals surface area contributed by atoms with Crippen molar-refractivity contribution in [3.8, 4) is 89.0 Å². The van der Waals surface area contributed by atoms with Crippen LogP contribution in [0.4, 0.5) is 0 Å². The topological polar surface area (TPSA) is 167 Å². The molecule has 0 unspecified atom stereocenters. The molecule has 0 saturated heterocycles. The molecule has 4 aliphatic heterocycles. The molecule has 4 N–H and O–H groups in total. The molecule has 0 radical (unpaired) electrons. The maximum absolute atomic E-state index is 14.4. The fourth-order valence-electron chi connectivity index (χ4n) is 16.2. The van der Waals surface area contributed by atoms with E-state index in [2.05, 4.69) is 277 Å². The van der Waals surface area contributed by atoms with Gasteiger partial charge in [-0.15, -0.1) is 0 Å². The van der Waals surface area contributed by atoms with Crippen LogP contribution in [-0.4, -0.2) is 64.0 Å². The van der Waals surface area contributed by atoms with Crippen LogP contribution in [0.25, 0.3) is 182 Å². The predicted molar refractivity (Wildman–Crippen MR) is 463 cm³/mol. The van der Waals surface area contributed by atoms with Crippen LogP contribution < -0.4 is 0 Å². The Labute approximate surface area is 655 Å². The van der Waals surface area contributed by atoms with Crippen molar-refractivity contribution in [2.45, 2.75) is 71.0 Å². The summed E-state index contributed by atoms with van der Waals surface area (Å²) in [6.45, 7) is 4.21. The Morgan fingerprint density at radius 3 is 0.619 bits per heavy atom. The third-order valence-electron chi connectivity index (χ3n) is 21.5. The van der Waals surface area contributed by atoms with Crippen LogP contribution >= 0.6 is 0 Å². The number of carbonyl (C=O) groups excluding carboxylic acids is 2. The molecule has 0 fully saturated rings. The van der Waals surface area contributed by atoms with Crippen LogP contribution in [0.2, 0.25) is 0 Å². The van der Waals surface area contributed by atoms with Crippen LogP contribution in [0.3, 0.4) is 0 Å². The number of H-pyrrole nitrogens is 4. The van der Waals surface area contributed by atoms with Crippen molar-refractivity contribution in [3.63, 3.8) is 0 Å². The van der Waals surface area contributed by atoms with Gasteiger partial charge in [-0.25, -0.2) is 29.5 Å². The molecule has 6 aromatic heterocycles. The number of carbonyl (C=O) groups is 2. The fraction of sp³-hybridized carbons (Fsp3) is 0.109. The second-order valence-electron chi connectivity index (χ2n) is 28.9. The van der Waals surface area contributed by atoms with E-state index >= 15 is 0 Å². The number of benzene rings is 8. The maximum Gasteiger partial charge on any atom is 0.338 e. The average molecular weight is 1470 g/mol. The lowest BCUT2D eigenvalue weighted by molar-refractivity contribution is 0.0190. The van der Waals surface area contributed by atoms with Gasteiger partial charge in [0.1, 0.15) is 12.2 Å². The first kappa shape index (κ1) is 70.6. The summed E-state index contributed by atoms with van der Waals surface area (Å²) in [6.07, 6.45) is 21.0. The van der Waals surface area contributed by atoms with Gasteiger partial charge in [-0.1, -0.05) is 233 Å². The average Bonchev–Trinajstić information content (AvgIpc) is 1.62. The first-order valence-corrected chi connectivity index (χ1v) is 39.0. The van der Waals surface area contributed by atoms with E-state index in [0.717, 1.165) is 192 Å². The molecule has 12 nitrogen and oxygen atoms in total. The number of hydrogen-bond acceptors (Lipinski definition) is 8. The number of aromatic amines is 4. The summed E-state index contributed by atoms with van der Waals surface area (Å²) >= 11 is 0. The van der Waals surface area contributed by atoms with E-state index in [4.69, 9.17) is 29.4 Å². The summed E-state index contributed by atoms with van der Waals surface area (Å²) in [4.78, 5) is 66.1. The van der Waals surface area contributed by atoms with Gasteiger partial charge in [0.05, 0.1) is 56.7 Å². The molecule has 0 aliphatic carbocycles. The number of nitrogens with zero attached hydrogens (tertiary/aromatic N) is 4. The zero-order valence-electron chi connectivity index (χ0n) is 62.7. The van der Waals surface area contributed by atoms with E-state index < -0.39 is 11.9 Å². The lowest BCUT2D eigenvalue weighted by Crippen LogP contribution is -2.21. The minimum absolute atomic E-state index is 0.348. The van der Waals surface area contributed by atoms with Crippen molar-refractivity contribution in [3.05, 3.63) is 336 Å². The van der Waals surface area contributed by atoms with E-state index in [9.17, 15) is 9.59 Å². The number of fused-ring (bicyclic) bond motifs is 16. The van der Waals surface area contributed by atoms with Gasteiger partial charge in [0, 0.05) is 88.6 Å². The van der Waals surface area contributed by atoms with E-state index in [1.54, 1.807) is 0 Å². The summed E-state index contributed by atoms with van der Waals surface area (Å²) in [5.74, 6) is -0.786. The zero-order valence-corrected chi connectivity index (χ0v) is 62.7. The quantitative estimate of drug-likeness (QED) is 0.0547. The molecule has 0 saturated carbocycles. The lowest BCUT2D eigenvalue weighted by Gasteiger charge is -2.21. The molecule has 18 rings (SSSR count). The Balaban J connectivity index is 0.623. The number of hydrogen-bond donors (Lipinski definition) is 4. The number of nitrogens with one attached hydrogen (secondary N) is 4. The van der Waals surface area contributed by atoms with Gasteiger partial charge < -0.3 is 29.4 Å². The Bertz CT molecular complexity index is 5970. The lowest BCUT2D eigenvalue weighted by atomic mass is 10.0. The van der Waals surface area contributed by atoms with Gasteiger partial charge in [0.25, 0.3) is 0 Å². The molecule has 12 heteroatoms. The molecule has 14 aromatic rings. The summed E-state index contributed by atoms with van der Waals surface area (Å²) in [6, 6.07) is 94.8. The molecule has 0 amide bonds. The summed E-state index contributed by atoms with van der Waals surface area (Å²) in [7, 11) is 0. The van der Waals surface area contributed by atoms with Gasteiger partial charge >= 0.3 is 11.9 Å². The van der Waals surface area contributed by atoms with Gasteiger partial charge in [0.15, 0.2) is 0 Å². The van der Waals surface area contributed by atoms with Crippen molar-refractivity contribution in [1.29, 1.82) is 0 Å². The predicted octanol–water partition coefficient (Wildman–Crippen LogP) is 25.5. The molecule has 4 aliphatic rings. The van der Waals surface area contributed by atoms with Gasteiger partial charge in [0.2, 0.25) is 0 Å². The number of rotatable bonds is 20. The van der Waals surface area contributed by atoms with Crippen LogP contribution in [-0.2, 0) is 9.47 Å². The van der Waals surface area contributed by atoms with E-state index in [-0.39, 0.29) is 12.2 Å². The SMILES string of the molecule is CCC[C@@H](CCC[C@H](CCC)OC(=O)c1ccc(-c2c3nc(c(-c4ccccc4)c4ccc([nH]4)c(-c4ccccc4)c4nc(c(-c5ccccc5)c5ccc2[nH]5)C=C4)C=C3)cc1)OC(=O)c1ccc(-c2c3nc(c(-c4ccccc4)c4ccc([nH]4)c(-c4ccccc4)c4nc(c(-c5ccccc5)c5ccc2[nH]5)C=C4)C=C3)cc1. The highest BCUT2D eigenvalue weighted by atomic mass is 16.5. The summed E-state index contributed by atoms with van der Waals surface area (Å²) in [5.41, 5.74) is 30.0. The summed E-state index contributed by atoms with van der Waals surface area (Å²) in [5, 5.41) is 0. The molecular formula is C101H80N8O4. The van der Waals surface area contributed by atoms with E-state index in [0.29, 0.717) is 43.2 Å². The van der Waals surface area contributed by atoms with Crippen molar-refractivity contribution < 1.29 is 19.1 Å². The normalized spacial score (nSPS) is 12.6. The maximum atomic E-state index is 14.4. The second-order valence-corrected chi connectivity index (χ2v) is 28.9. The summed E-state index contributed by atoms with van der Waals surface area (Å²) < 4.78 is 12.8. The third-order valence-corrected chi connectivity index (χ3v) is 21.5. The van der Waals surface area contributed by atoms with Crippen molar-refractivity contribution in [2.75, 3.05) is 0 Å². The fourth-order valence-corrected chi connectivity index (χ4v) is 16.2. The van der Waals surface area contributed by atoms with Crippen molar-refractivity contribution in [1.82, 2.24) is 39.9 Å². The van der Waals surface area contributed by atoms with Gasteiger partial charge in [-0.05, 0) is 198 Å². The van der Waals surface area contributed by atoms with Crippen LogP contribution in [0, 0.1) is 0 Å². The molecule has 548 valence electrons. The van der Waals surface area contributed by atoms with Crippen molar-refractivity contribution >= 4 is 105 Å². The molecule has 16 bridgehead atoms. The first-order chi connectivity index (χ1) is 55.7. The Kier molecular flexibility index (Phi) is 19.7. The minimum Gasteiger partial charge on any atom is -0.459 e. The van der Waals surface area contributed by atoms with Crippen LogP contribution in [0.15, 0.2) is 279 Å². The Morgan fingerprint density at radius 2 is 0.434 bits per heavy atom. The smallest absolute Gasteiger partial charge is 0.338 e. The van der Waals surface area contributed by atoms with E-state index in [1.807, 2.05) is 84.9 Å². The molecule has 8 aromatic carbocycles. The number of ether oxygens (including phenoxy) is 2. The molecule has 10 heterocycles. The zero-order chi connectivity index (χ0) is 76.1. The molecule has 0 spiro atoms. The minimum atomic E-state index is -0.393. The highest BCUT2D eigenvalue weighted by Crippen LogP contribution is 2.42. The third kappa shape index (κ3) is 14.4. The Hall–Kier alpha value is -14.1. The monoisotopic (exact) mass is 1470 g/mol. The molecular weight excluding hydrogens is 1390 g/mol. The second kappa shape index (κ2) is 31.5. The van der Waals surface area contributed by atoms with Gasteiger partial charge in [-0.2, -0.15) is 0 Å². The van der Waals surface area contributed by atoms with Gasteiger partial charge in [-0.3, -0.25) is 0 Å². The van der Waals surface area contributed by atoms with E-state index in [1.165, 1.54) is 0 Å². The Morgan fingerprint density at radius 1 is 0.248 bits per heavy atom. The van der Waals surface area contributed by atoms with Crippen LogP contribution in [0.1, 0.15) is 125 Å². The van der Waals surface area contributed by atoms with Crippen molar-refractivity contribution in [2.24, 2.45) is 0 Å². The molecule has 113 heavy (non-hydrogen) atoms.